The SMILES string of the molecule is CCCCCCCCCCCCCCC/C=C/C(=O)Cl. The lowest BCUT2D eigenvalue weighted by atomic mass is 10.0. The van der Waals surface area contributed by atoms with Crippen molar-refractivity contribution in [3.05, 3.63) is 12.2 Å². The van der Waals surface area contributed by atoms with Crippen LogP contribution in [0.4, 0.5) is 0 Å². The van der Waals surface area contributed by atoms with Gasteiger partial charge in [0.1, 0.15) is 0 Å². The van der Waals surface area contributed by atoms with Crippen molar-refractivity contribution in [2.24, 2.45) is 0 Å². The zero-order valence-electron chi connectivity index (χ0n) is 13.3. The van der Waals surface area contributed by atoms with Gasteiger partial charge in [-0.2, -0.15) is 0 Å². The molecule has 0 aliphatic heterocycles. The molecule has 0 spiro atoms. The molecule has 0 bridgehead atoms. The Kier molecular flexibility index (Phi) is 16.5. The quantitative estimate of drug-likeness (QED) is 0.185. The van der Waals surface area contributed by atoms with E-state index >= 15 is 0 Å². The first-order valence-corrected chi connectivity index (χ1v) is 9.01. The lowest BCUT2D eigenvalue weighted by molar-refractivity contribution is -0.107. The van der Waals surface area contributed by atoms with Gasteiger partial charge in [-0.1, -0.05) is 90.0 Å². The number of rotatable bonds is 15. The third-order valence-electron chi connectivity index (χ3n) is 3.72. The molecule has 118 valence electrons. The van der Waals surface area contributed by atoms with Crippen LogP contribution in [-0.4, -0.2) is 5.24 Å². The largest absolute Gasteiger partial charge is 0.276 e. The molecule has 0 aliphatic rings. The van der Waals surface area contributed by atoms with Crippen LogP contribution in [0.25, 0.3) is 0 Å². The van der Waals surface area contributed by atoms with Crippen molar-refractivity contribution < 1.29 is 4.79 Å². The van der Waals surface area contributed by atoms with E-state index in [9.17, 15) is 4.79 Å². The van der Waals surface area contributed by atoms with Gasteiger partial charge in [-0.05, 0) is 30.5 Å². The molecule has 0 saturated heterocycles. The maximum absolute atomic E-state index is 10.5. The first-order valence-electron chi connectivity index (χ1n) is 8.63. The first kappa shape index (κ1) is 19.7. The predicted molar refractivity (Wildman–Crippen MR) is 90.3 cm³/mol. The average Bonchev–Trinajstić information content (AvgIpc) is 2.43. The predicted octanol–water partition coefficient (Wildman–Crippen LogP) is 6.79. The summed E-state index contributed by atoms with van der Waals surface area (Å²) >= 11 is 5.21. The van der Waals surface area contributed by atoms with Crippen LogP contribution in [0.1, 0.15) is 96.8 Å². The molecule has 0 aromatic heterocycles. The Bertz CT molecular complexity index is 236. The minimum atomic E-state index is -0.361. The Morgan fingerprint density at radius 3 is 1.55 bits per heavy atom. The summed E-state index contributed by atoms with van der Waals surface area (Å²) in [6.45, 7) is 2.27. The van der Waals surface area contributed by atoms with E-state index in [-0.39, 0.29) is 5.24 Å². The Labute approximate surface area is 131 Å². The zero-order valence-corrected chi connectivity index (χ0v) is 14.1. The molecule has 0 aromatic carbocycles. The molecule has 0 N–H and O–H groups in total. The molecule has 0 heterocycles. The Balaban J connectivity index is 3.01. The molecule has 0 unspecified atom stereocenters. The van der Waals surface area contributed by atoms with E-state index in [0.717, 1.165) is 6.42 Å². The highest BCUT2D eigenvalue weighted by Gasteiger charge is 1.93. The second kappa shape index (κ2) is 16.8. The van der Waals surface area contributed by atoms with Gasteiger partial charge in [-0.25, -0.2) is 0 Å². The lowest BCUT2D eigenvalue weighted by Crippen LogP contribution is -1.83. The number of halogens is 1. The van der Waals surface area contributed by atoms with Gasteiger partial charge in [0.2, 0.25) is 5.24 Å². The van der Waals surface area contributed by atoms with Gasteiger partial charge in [-0.15, -0.1) is 0 Å². The van der Waals surface area contributed by atoms with Crippen molar-refractivity contribution in [1.82, 2.24) is 0 Å². The van der Waals surface area contributed by atoms with Crippen LogP contribution in [0.2, 0.25) is 0 Å². The Morgan fingerprint density at radius 1 is 0.750 bits per heavy atom. The molecule has 0 aromatic rings. The summed E-state index contributed by atoms with van der Waals surface area (Å²) in [6, 6.07) is 0. The van der Waals surface area contributed by atoms with Crippen LogP contribution in [-0.2, 0) is 4.79 Å². The van der Waals surface area contributed by atoms with Gasteiger partial charge in [0.15, 0.2) is 0 Å². The molecule has 0 radical (unpaired) electrons. The molecule has 0 aliphatic carbocycles. The smallest absolute Gasteiger partial charge is 0.244 e. The number of carbonyl (C=O) groups excluding carboxylic acids is 1. The van der Waals surface area contributed by atoms with Crippen molar-refractivity contribution in [2.75, 3.05) is 0 Å². The molecular formula is C18H33ClO. The van der Waals surface area contributed by atoms with Gasteiger partial charge >= 0.3 is 0 Å². The summed E-state index contributed by atoms with van der Waals surface area (Å²) in [7, 11) is 0. The fourth-order valence-electron chi connectivity index (χ4n) is 2.46. The van der Waals surface area contributed by atoms with Gasteiger partial charge in [0, 0.05) is 0 Å². The van der Waals surface area contributed by atoms with Crippen molar-refractivity contribution in [3.63, 3.8) is 0 Å². The fourth-order valence-corrected chi connectivity index (χ4v) is 2.55. The van der Waals surface area contributed by atoms with Crippen molar-refractivity contribution in [3.8, 4) is 0 Å². The molecule has 0 amide bonds. The van der Waals surface area contributed by atoms with Gasteiger partial charge in [0.25, 0.3) is 0 Å². The van der Waals surface area contributed by atoms with Crippen molar-refractivity contribution >= 4 is 16.8 Å². The third-order valence-corrected chi connectivity index (χ3v) is 3.85. The summed E-state index contributed by atoms with van der Waals surface area (Å²) in [5.74, 6) is 0. The minimum Gasteiger partial charge on any atom is -0.276 e. The van der Waals surface area contributed by atoms with Crippen LogP contribution in [0.5, 0.6) is 0 Å². The van der Waals surface area contributed by atoms with Crippen LogP contribution < -0.4 is 0 Å². The molecular weight excluding hydrogens is 268 g/mol. The Hall–Kier alpha value is -0.300. The van der Waals surface area contributed by atoms with Crippen LogP contribution in [0, 0.1) is 0 Å². The zero-order chi connectivity index (χ0) is 14.9. The fraction of sp³-hybridized carbons (Fsp3) is 0.833. The van der Waals surface area contributed by atoms with Gasteiger partial charge in [-0.3, -0.25) is 4.79 Å². The monoisotopic (exact) mass is 300 g/mol. The number of carbonyl (C=O) groups is 1. The van der Waals surface area contributed by atoms with E-state index in [1.54, 1.807) is 0 Å². The summed E-state index contributed by atoms with van der Waals surface area (Å²) in [5.41, 5.74) is 0. The van der Waals surface area contributed by atoms with Crippen LogP contribution >= 0.6 is 11.6 Å². The van der Waals surface area contributed by atoms with Gasteiger partial charge in [0.05, 0.1) is 0 Å². The standard InChI is InChI=1S/C18H33ClO/c1-2-3-4-5-6-7-8-9-10-11-12-13-14-15-16-17-18(19)20/h16-17H,2-15H2,1H3/b17-16+. The topological polar surface area (TPSA) is 17.1 Å². The molecule has 0 saturated carbocycles. The molecule has 0 rings (SSSR count). The first-order chi connectivity index (χ1) is 9.77. The Morgan fingerprint density at radius 2 is 1.15 bits per heavy atom. The summed E-state index contributed by atoms with van der Waals surface area (Å²) in [5, 5.41) is -0.361. The van der Waals surface area contributed by atoms with E-state index in [2.05, 4.69) is 6.92 Å². The minimum absolute atomic E-state index is 0.361. The van der Waals surface area contributed by atoms with E-state index in [1.165, 1.54) is 89.5 Å². The van der Waals surface area contributed by atoms with E-state index in [4.69, 9.17) is 11.6 Å². The number of hydrogen-bond donors (Lipinski definition) is 0. The molecule has 0 atom stereocenters. The number of allylic oxidation sites excluding steroid dienone is 2. The molecule has 2 heteroatoms. The molecule has 0 fully saturated rings. The van der Waals surface area contributed by atoms with E-state index in [1.807, 2.05) is 6.08 Å². The highest BCUT2D eigenvalue weighted by molar-refractivity contribution is 6.66. The highest BCUT2D eigenvalue weighted by atomic mass is 35.5. The average molecular weight is 301 g/mol. The van der Waals surface area contributed by atoms with Gasteiger partial charge < -0.3 is 0 Å². The number of hydrogen-bond acceptors (Lipinski definition) is 1. The van der Waals surface area contributed by atoms with Crippen LogP contribution in [0.15, 0.2) is 12.2 Å². The molecule has 20 heavy (non-hydrogen) atoms. The lowest BCUT2D eigenvalue weighted by Gasteiger charge is -2.02. The summed E-state index contributed by atoms with van der Waals surface area (Å²) in [6.07, 6.45) is 22.2. The molecule has 1 nitrogen and oxygen atoms in total. The number of unbranched alkanes of at least 4 members (excludes halogenated alkanes) is 13. The second-order valence-corrected chi connectivity index (χ2v) is 6.11. The maximum atomic E-state index is 10.5. The van der Waals surface area contributed by atoms with E-state index in [0.29, 0.717) is 0 Å². The van der Waals surface area contributed by atoms with Crippen molar-refractivity contribution in [1.29, 1.82) is 0 Å². The third kappa shape index (κ3) is 17.7. The summed E-state index contributed by atoms with van der Waals surface area (Å²) in [4.78, 5) is 10.5. The second-order valence-electron chi connectivity index (χ2n) is 5.74. The normalized spacial score (nSPS) is 11.3. The maximum Gasteiger partial charge on any atom is 0.244 e. The van der Waals surface area contributed by atoms with Crippen LogP contribution in [0.3, 0.4) is 0 Å². The van der Waals surface area contributed by atoms with Crippen molar-refractivity contribution in [2.45, 2.75) is 96.8 Å². The van der Waals surface area contributed by atoms with E-state index < -0.39 is 0 Å². The highest BCUT2D eigenvalue weighted by Crippen LogP contribution is 2.12. The summed E-state index contributed by atoms with van der Waals surface area (Å²) < 4.78 is 0.